The van der Waals surface area contributed by atoms with E-state index in [1.165, 1.54) is 36.5 Å². The summed E-state index contributed by atoms with van der Waals surface area (Å²) in [5.41, 5.74) is 3.78. The van der Waals surface area contributed by atoms with Gasteiger partial charge in [0.1, 0.15) is 17.7 Å². The van der Waals surface area contributed by atoms with Gasteiger partial charge in [-0.25, -0.2) is 8.78 Å². The van der Waals surface area contributed by atoms with Gasteiger partial charge in [0.15, 0.2) is 0 Å². The molecular weight excluding hydrogens is 517 g/mol. The van der Waals surface area contributed by atoms with Crippen LogP contribution in [0.1, 0.15) is 22.9 Å². The Labute approximate surface area is 221 Å². The fraction of sp³-hybridized carbons (Fsp3) is 0.0741. The lowest BCUT2D eigenvalue weighted by atomic mass is 10.0. The number of aromatic nitrogens is 3. The van der Waals surface area contributed by atoms with Gasteiger partial charge in [-0.15, -0.1) is 0 Å². The molecule has 3 aromatic carbocycles. The van der Waals surface area contributed by atoms with Crippen LogP contribution in [0, 0.1) is 23.0 Å². The minimum absolute atomic E-state index is 0.0558. The van der Waals surface area contributed by atoms with Gasteiger partial charge in [0.2, 0.25) is 0 Å². The predicted octanol–water partition coefficient (Wildman–Crippen LogP) is 7.37. The monoisotopic (exact) mass is 534 g/mol. The fourth-order valence-corrected chi connectivity index (χ4v) is 4.44. The molecule has 37 heavy (non-hydrogen) atoms. The normalized spacial score (nSPS) is 11.8. The van der Waals surface area contributed by atoms with E-state index in [1.807, 2.05) is 19.3 Å². The van der Waals surface area contributed by atoms with E-state index >= 15 is 0 Å². The van der Waals surface area contributed by atoms with Crippen LogP contribution >= 0.6 is 23.2 Å². The molecule has 2 heterocycles. The van der Waals surface area contributed by atoms with Crippen LogP contribution in [0.5, 0.6) is 0 Å². The number of halogens is 4. The average molecular weight is 535 g/mol. The highest BCUT2D eigenvalue weighted by molar-refractivity contribution is 6.32. The lowest BCUT2D eigenvalue weighted by Crippen LogP contribution is -2.14. The van der Waals surface area contributed by atoms with E-state index < -0.39 is 11.9 Å². The summed E-state index contributed by atoms with van der Waals surface area (Å²) in [7, 11) is 1.81. The van der Waals surface area contributed by atoms with Crippen molar-refractivity contribution >= 4 is 51.2 Å². The zero-order chi connectivity index (χ0) is 26.1. The standard InChI is InChI=1S/C27H18Cl2F2N6/c1-37-9-8-23(36-37)26(15-2-4-18(30)5-3-15)35-24-11-17(28)10-20-25(16(13-32)14-33-27(20)24)34-19-6-7-22(31)21(29)12-19/h2-12,14,26,35H,1H3,(H,33,34). The zero-order valence-electron chi connectivity index (χ0n) is 19.3. The third-order valence-electron chi connectivity index (χ3n) is 5.78. The number of pyridine rings is 1. The molecule has 2 aromatic heterocycles. The quantitative estimate of drug-likeness (QED) is 0.237. The van der Waals surface area contributed by atoms with Gasteiger partial charge in [0.25, 0.3) is 0 Å². The van der Waals surface area contributed by atoms with Crippen LogP contribution in [0.4, 0.5) is 25.8 Å². The van der Waals surface area contributed by atoms with Gasteiger partial charge in [-0.2, -0.15) is 10.4 Å². The van der Waals surface area contributed by atoms with Crippen molar-refractivity contribution in [2.45, 2.75) is 6.04 Å². The number of benzene rings is 3. The van der Waals surface area contributed by atoms with Crippen molar-refractivity contribution in [1.82, 2.24) is 14.8 Å². The van der Waals surface area contributed by atoms with E-state index in [0.29, 0.717) is 38.7 Å². The number of nitrogens with zero attached hydrogens (tertiary/aromatic N) is 4. The molecule has 1 unspecified atom stereocenters. The largest absolute Gasteiger partial charge is 0.371 e. The number of hydrogen-bond acceptors (Lipinski definition) is 5. The van der Waals surface area contributed by atoms with Crippen molar-refractivity contribution in [3.8, 4) is 6.07 Å². The first-order valence-electron chi connectivity index (χ1n) is 11.1. The molecule has 0 saturated carbocycles. The summed E-state index contributed by atoms with van der Waals surface area (Å²) in [5.74, 6) is -0.901. The van der Waals surface area contributed by atoms with E-state index in [-0.39, 0.29) is 16.4 Å². The first-order valence-corrected chi connectivity index (χ1v) is 11.8. The molecule has 2 N–H and O–H groups in total. The average Bonchev–Trinajstić information content (AvgIpc) is 3.31. The van der Waals surface area contributed by atoms with Crippen LogP contribution in [0.15, 0.2) is 73.1 Å². The van der Waals surface area contributed by atoms with Crippen LogP contribution in [0.2, 0.25) is 10.0 Å². The van der Waals surface area contributed by atoms with Crippen molar-refractivity contribution in [3.63, 3.8) is 0 Å². The van der Waals surface area contributed by atoms with Crippen LogP contribution in [0.3, 0.4) is 0 Å². The van der Waals surface area contributed by atoms with Crippen molar-refractivity contribution in [1.29, 1.82) is 5.26 Å². The summed E-state index contributed by atoms with van der Waals surface area (Å²) >= 11 is 12.5. The molecular formula is C27H18Cl2F2N6. The number of rotatable bonds is 6. The molecule has 6 nitrogen and oxygen atoms in total. The summed E-state index contributed by atoms with van der Waals surface area (Å²) in [6.07, 6.45) is 3.26. The van der Waals surface area contributed by atoms with E-state index in [0.717, 1.165) is 5.56 Å². The molecule has 0 radical (unpaired) electrons. The Morgan fingerprint density at radius 3 is 2.49 bits per heavy atom. The molecule has 0 fully saturated rings. The van der Waals surface area contributed by atoms with Gasteiger partial charge in [0.05, 0.1) is 39.2 Å². The molecule has 5 rings (SSSR count). The third kappa shape index (κ3) is 5.05. The first kappa shape index (κ1) is 24.5. The second kappa shape index (κ2) is 10.1. The maximum Gasteiger partial charge on any atom is 0.141 e. The Hall–Kier alpha value is -4.19. The molecule has 0 spiro atoms. The highest BCUT2D eigenvalue weighted by Crippen LogP contribution is 2.37. The number of nitrogens with one attached hydrogen (secondary N) is 2. The Kier molecular flexibility index (Phi) is 6.66. The van der Waals surface area contributed by atoms with E-state index in [2.05, 4.69) is 26.8 Å². The topological polar surface area (TPSA) is 78.6 Å². The highest BCUT2D eigenvalue weighted by atomic mass is 35.5. The van der Waals surface area contributed by atoms with Crippen molar-refractivity contribution < 1.29 is 8.78 Å². The molecule has 0 aliphatic heterocycles. The summed E-state index contributed by atoms with van der Waals surface area (Å²) < 4.78 is 29.0. The minimum Gasteiger partial charge on any atom is -0.371 e. The van der Waals surface area contributed by atoms with Crippen LogP contribution in [-0.2, 0) is 7.05 Å². The lowest BCUT2D eigenvalue weighted by Gasteiger charge is -2.21. The summed E-state index contributed by atoms with van der Waals surface area (Å²) in [5, 5.41) is 21.8. The van der Waals surface area contributed by atoms with Gasteiger partial charge in [-0.3, -0.25) is 9.67 Å². The molecule has 0 aliphatic rings. The van der Waals surface area contributed by atoms with Gasteiger partial charge in [-0.05, 0) is 54.1 Å². The van der Waals surface area contributed by atoms with Gasteiger partial charge < -0.3 is 10.6 Å². The number of anilines is 3. The molecule has 1 atom stereocenters. The third-order valence-corrected chi connectivity index (χ3v) is 6.29. The first-order chi connectivity index (χ1) is 17.8. The number of aryl methyl sites for hydroxylation is 1. The summed E-state index contributed by atoms with van der Waals surface area (Å²) in [6.45, 7) is 0. The van der Waals surface area contributed by atoms with E-state index in [9.17, 15) is 14.0 Å². The van der Waals surface area contributed by atoms with Gasteiger partial charge in [0, 0.05) is 35.5 Å². The number of hydrogen-bond donors (Lipinski definition) is 2. The van der Waals surface area contributed by atoms with Gasteiger partial charge >= 0.3 is 0 Å². The second-order valence-corrected chi connectivity index (χ2v) is 9.15. The molecule has 5 aromatic rings. The molecule has 184 valence electrons. The molecule has 10 heteroatoms. The van der Waals surface area contributed by atoms with Crippen LogP contribution < -0.4 is 10.6 Å². The highest BCUT2D eigenvalue weighted by Gasteiger charge is 2.21. The predicted molar refractivity (Wildman–Crippen MR) is 141 cm³/mol. The maximum absolute atomic E-state index is 13.7. The molecule has 0 bridgehead atoms. The van der Waals surface area contributed by atoms with E-state index in [4.69, 9.17) is 23.2 Å². The SMILES string of the molecule is Cn1ccc(C(Nc2cc(Cl)cc3c(Nc4ccc(F)c(Cl)c4)c(C#N)cnc23)c2ccc(F)cc2)n1. The Morgan fingerprint density at radius 2 is 1.81 bits per heavy atom. The molecule has 0 saturated heterocycles. The number of nitriles is 1. The Balaban J connectivity index is 1.64. The summed E-state index contributed by atoms with van der Waals surface area (Å²) in [6, 6.07) is 17.3. The van der Waals surface area contributed by atoms with Crippen molar-refractivity contribution in [3.05, 3.63) is 112 Å². The van der Waals surface area contributed by atoms with E-state index in [1.54, 1.807) is 28.9 Å². The summed E-state index contributed by atoms with van der Waals surface area (Å²) in [4.78, 5) is 4.53. The molecule has 0 aliphatic carbocycles. The van der Waals surface area contributed by atoms with Crippen molar-refractivity contribution in [2.75, 3.05) is 10.6 Å². The molecule has 0 amide bonds. The minimum atomic E-state index is -0.553. The Morgan fingerprint density at radius 1 is 1.03 bits per heavy atom. The van der Waals surface area contributed by atoms with Crippen LogP contribution in [-0.4, -0.2) is 14.8 Å². The Bertz CT molecular complexity index is 1660. The fourth-order valence-electron chi connectivity index (χ4n) is 4.04. The zero-order valence-corrected chi connectivity index (χ0v) is 20.8. The number of fused-ring (bicyclic) bond motifs is 1. The van der Waals surface area contributed by atoms with Crippen LogP contribution in [0.25, 0.3) is 10.9 Å². The lowest BCUT2D eigenvalue weighted by molar-refractivity contribution is 0.626. The maximum atomic E-state index is 13.7. The van der Waals surface area contributed by atoms with Gasteiger partial charge in [-0.1, -0.05) is 35.3 Å². The van der Waals surface area contributed by atoms with Crippen molar-refractivity contribution in [2.24, 2.45) is 7.05 Å². The smallest absolute Gasteiger partial charge is 0.141 e. The second-order valence-electron chi connectivity index (χ2n) is 8.31.